The van der Waals surface area contributed by atoms with Gasteiger partial charge in [-0.15, -0.1) is 0 Å². The van der Waals surface area contributed by atoms with Crippen LogP contribution in [0.4, 0.5) is 0 Å². The minimum absolute atomic E-state index is 0.508. The minimum Gasteiger partial charge on any atom is -0.360 e. The molecule has 2 nitrogen and oxygen atoms in total. The highest BCUT2D eigenvalue weighted by Gasteiger charge is 2.11. The van der Waals surface area contributed by atoms with Gasteiger partial charge in [0.05, 0.1) is 20.6 Å². The molecule has 0 spiro atoms. The molecule has 0 amide bonds. The van der Waals surface area contributed by atoms with Crippen molar-refractivity contribution in [3.05, 3.63) is 51.9 Å². The smallest absolute Gasteiger partial charge is 0.0682 e. The van der Waals surface area contributed by atoms with Gasteiger partial charge in [0.15, 0.2) is 0 Å². The summed E-state index contributed by atoms with van der Waals surface area (Å²) in [7, 11) is 0. The quantitative estimate of drug-likeness (QED) is 0.658. The number of rotatable bonds is 1. The molecule has 5 heteroatoms. The summed E-state index contributed by atoms with van der Waals surface area (Å²) in [6.45, 7) is 0. The van der Waals surface area contributed by atoms with Crippen molar-refractivity contribution in [3.8, 4) is 11.1 Å². The third kappa shape index (κ3) is 1.87. The molecular weight excluding hydrogens is 291 g/mol. The van der Waals surface area contributed by atoms with E-state index in [9.17, 15) is 0 Å². The van der Waals surface area contributed by atoms with Crippen molar-refractivity contribution in [2.45, 2.75) is 0 Å². The standard InChI is InChI=1S/C13H7Cl3N2/c14-9-4-8(3-7-1-2-18-13(7)9)12-10(15)5-17-6-11(12)16/h1-6,18H. The van der Waals surface area contributed by atoms with Crippen molar-refractivity contribution in [1.29, 1.82) is 0 Å². The van der Waals surface area contributed by atoms with E-state index < -0.39 is 0 Å². The van der Waals surface area contributed by atoms with E-state index in [2.05, 4.69) is 9.97 Å². The lowest BCUT2D eigenvalue weighted by Gasteiger charge is -2.07. The number of pyridine rings is 1. The van der Waals surface area contributed by atoms with Crippen LogP contribution in [0.15, 0.2) is 36.8 Å². The summed E-state index contributed by atoms with van der Waals surface area (Å²) in [5, 5.41) is 2.67. The first kappa shape index (κ1) is 11.8. The Morgan fingerprint density at radius 3 is 2.39 bits per heavy atom. The van der Waals surface area contributed by atoms with E-state index >= 15 is 0 Å². The summed E-state index contributed by atoms with van der Waals surface area (Å²) >= 11 is 18.5. The van der Waals surface area contributed by atoms with Gasteiger partial charge < -0.3 is 4.98 Å². The van der Waals surface area contributed by atoms with Crippen molar-refractivity contribution >= 4 is 45.7 Å². The Hall–Kier alpha value is -1.22. The number of halogens is 3. The van der Waals surface area contributed by atoms with Gasteiger partial charge in [-0.1, -0.05) is 34.8 Å². The molecule has 0 saturated heterocycles. The van der Waals surface area contributed by atoms with Crippen LogP contribution in [-0.2, 0) is 0 Å². The summed E-state index contributed by atoms with van der Waals surface area (Å²) in [6.07, 6.45) is 4.98. The molecule has 1 aromatic carbocycles. The van der Waals surface area contributed by atoms with Gasteiger partial charge in [-0.2, -0.15) is 0 Å². The molecule has 1 N–H and O–H groups in total. The van der Waals surface area contributed by atoms with Crippen molar-refractivity contribution in [2.24, 2.45) is 0 Å². The molecular formula is C13H7Cl3N2. The minimum atomic E-state index is 0.508. The van der Waals surface area contributed by atoms with Crippen LogP contribution in [0.25, 0.3) is 22.0 Å². The van der Waals surface area contributed by atoms with Gasteiger partial charge in [0.1, 0.15) is 0 Å². The lowest BCUT2D eigenvalue weighted by molar-refractivity contribution is 1.33. The number of hydrogen-bond donors (Lipinski definition) is 1. The Labute approximate surface area is 119 Å². The Kier molecular flexibility index (Phi) is 2.94. The number of hydrogen-bond acceptors (Lipinski definition) is 1. The molecule has 0 fully saturated rings. The topological polar surface area (TPSA) is 28.7 Å². The van der Waals surface area contributed by atoms with Crippen molar-refractivity contribution < 1.29 is 0 Å². The average Bonchev–Trinajstić information content (AvgIpc) is 2.77. The second kappa shape index (κ2) is 4.47. The number of fused-ring (bicyclic) bond motifs is 1. The molecule has 0 saturated carbocycles. The van der Waals surface area contributed by atoms with E-state index in [1.54, 1.807) is 12.4 Å². The zero-order chi connectivity index (χ0) is 12.7. The van der Waals surface area contributed by atoms with Crippen LogP contribution in [0.1, 0.15) is 0 Å². The second-order valence-corrected chi connectivity index (χ2v) is 5.10. The summed E-state index contributed by atoms with van der Waals surface area (Å²) in [6, 6.07) is 5.78. The molecule has 3 rings (SSSR count). The van der Waals surface area contributed by atoms with E-state index in [4.69, 9.17) is 34.8 Å². The Morgan fingerprint density at radius 2 is 1.67 bits per heavy atom. The Bertz CT molecular complexity index is 714. The van der Waals surface area contributed by atoms with Crippen molar-refractivity contribution in [2.75, 3.05) is 0 Å². The lowest BCUT2D eigenvalue weighted by Crippen LogP contribution is -1.84. The van der Waals surface area contributed by atoms with Crippen molar-refractivity contribution in [3.63, 3.8) is 0 Å². The number of aromatic amines is 1. The maximum absolute atomic E-state index is 6.23. The first-order valence-electron chi connectivity index (χ1n) is 5.23. The maximum Gasteiger partial charge on any atom is 0.0682 e. The second-order valence-electron chi connectivity index (χ2n) is 3.88. The normalized spacial score (nSPS) is 11.1. The predicted octanol–water partition coefficient (Wildman–Crippen LogP) is 5.19. The molecule has 3 aromatic rings. The molecule has 0 atom stereocenters. The molecule has 0 bridgehead atoms. The van der Waals surface area contributed by atoms with Crippen LogP contribution in [0.3, 0.4) is 0 Å². The van der Waals surface area contributed by atoms with Crippen LogP contribution in [0.5, 0.6) is 0 Å². The third-order valence-electron chi connectivity index (χ3n) is 2.75. The van der Waals surface area contributed by atoms with E-state index in [1.807, 2.05) is 24.4 Å². The zero-order valence-electron chi connectivity index (χ0n) is 9.05. The third-order valence-corrected chi connectivity index (χ3v) is 3.62. The summed E-state index contributed by atoms with van der Waals surface area (Å²) in [5.74, 6) is 0. The summed E-state index contributed by atoms with van der Waals surface area (Å²) in [4.78, 5) is 7.03. The Balaban J connectivity index is 2.31. The largest absolute Gasteiger partial charge is 0.360 e. The summed E-state index contributed by atoms with van der Waals surface area (Å²) in [5.41, 5.74) is 2.53. The number of aromatic nitrogens is 2. The predicted molar refractivity (Wildman–Crippen MR) is 76.6 cm³/mol. The fraction of sp³-hybridized carbons (Fsp3) is 0. The highest BCUT2D eigenvalue weighted by Crippen LogP contribution is 2.37. The van der Waals surface area contributed by atoms with Gasteiger partial charge in [-0.05, 0) is 23.8 Å². The number of nitrogens with zero attached hydrogens (tertiary/aromatic N) is 1. The molecule has 0 aliphatic rings. The monoisotopic (exact) mass is 296 g/mol. The van der Waals surface area contributed by atoms with Gasteiger partial charge in [0, 0.05) is 29.5 Å². The van der Waals surface area contributed by atoms with Gasteiger partial charge in [-0.3, -0.25) is 4.98 Å². The van der Waals surface area contributed by atoms with Crippen LogP contribution in [0.2, 0.25) is 15.1 Å². The number of H-pyrrole nitrogens is 1. The van der Waals surface area contributed by atoms with Crippen LogP contribution >= 0.6 is 34.8 Å². The van der Waals surface area contributed by atoms with Gasteiger partial charge in [0.2, 0.25) is 0 Å². The lowest BCUT2D eigenvalue weighted by atomic mass is 10.1. The van der Waals surface area contributed by atoms with E-state index in [0.717, 1.165) is 22.0 Å². The van der Waals surface area contributed by atoms with E-state index in [-0.39, 0.29) is 0 Å². The maximum atomic E-state index is 6.23. The van der Waals surface area contributed by atoms with Gasteiger partial charge >= 0.3 is 0 Å². The molecule has 0 unspecified atom stereocenters. The van der Waals surface area contributed by atoms with Crippen LogP contribution in [-0.4, -0.2) is 9.97 Å². The fourth-order valence-electron chi connectivity index (χ4n) is 1.96. The number of nitrogens with one attached hydrogen (secondary N) is 1. The molecule has 18 heavy (non-hydrogen) atoms. The first-order chi connectivity index (χ1) is 8.66. The van der Waals surface area contributed by atoms with Crippen LogP contribution < -0.4 is 0 Å². The van der Waals surface area contributed by atoms with Crippen molar-refractivity contribution in [1.82, 2.24) is 9.97 Å². The summed E-state index contributed by atoms with van der Waals surface area (Å²) < 4.78 is 0. The van der Waals surface area contributed by atoms with E-state index in [1.165, 1.54) is 0 Å². The fourth-order valence-corrected chi connectivity index (χ4v) is 2.82. The molecule has 2 aromatic heterocycles. The zero-order valence-corrected chi connectivity index (χ0v) is 11.3. The van der Waals surface area contributed by atoms with Gasteiger partial charge in [0.25, 0.3) is 0 Å². The average molecular weight is 298 g/mol. The SMILES string of the molecule is Clc1cncc(Cl)c1-c1cc(Cl)c2[nH]ccc2c1. The molecule has 2 heterocycles. The van der Waals surface area contributed by atoms with Crippen LogP contribution in [0, 0.1) is 0 Å². The molecule has 90 valence electrons. The highest BCUT2D eigenvalue weighted by molar-refractivity contribution is 6.39. The molecule has 0 aliphatic heterocycles. The first-order valence-corrected chi connectivity index (χ1v) is 6.36. The molecule has 0 aliphatic carbocycles. The number of benzene rings is 1. The molecule has 0 radical (unpaired) electrons. The van der Waals surface area contributed by atoms with Gasteiger partial charge in [-0.25, -0.2) is 0 Å². The van der Waals surface area contributed by atoms with E-state index in [0.29, 0.717) is 15.1 Å². The Morgan fingerprint density at radius 1 is 0.944 bits per heavy atom. The highest BCUT2D eigenvalue weighted by atomic mass is 35.5.